The number of nitrogens with zero attached hydrogens (tertiary/aromatic N) is 2. The first kappa shape index (κ1) is 11.7. The van der Waals surface area contributed by atoms with Crippen molar-refractivity contribution in [1.82, 2.24) is 10.1 Å². The van der Waals surface area contributed by atoms with E-state index < -0.39 is 0 Å². The Balaban J connectivity index is 2.22. The number of ether oxygens (including phenoxy) is 1. The van der Waals surface area contributed by atoms with Crippen LogP contribution in [0.15, 0.2) is 4.52 Å². The van der Waals surface area contributed by atoms with Crippen LogP contribution in [0.25, 0.3) is 0 Å². The van der Waals surface area contributed by atoms with Crippen LogP contribution in [-0.2, 0) is 16.1 Å². The van der Waals surface area contributed by atoms with Gasteiger partial charge in [0, 0.05) is 6.42 Å². The molecule has 0 bridgehead atoms. The van der Waals surface area contributed by atoms with Gasteiger partial charge < -0.3 is 9.26 Å². The Hall–Kier alpha value is -1.39. The maximum Gasteiger partial charge on any atom is 0.306 e. The summed E-state index contributed by atoms with van der Waals surface area (Å²) in [4.78, 5) is 15.1. The molecule has 0 aliphatic rings. The van der Waals surface area contributed by atoms with Gasteiger partial charge in [0.05, 0.1) is 0 Å². The lowest BCUT2D eigenvalue weighted by Gasteiger charge is -2.03. The fraction of sp³-hybridized carbons (Fsp3) is 0.700. The van der Waals surface area contributed by atoms with Crippen LogP contribution in [0.5, 0.6) is 0 Å². The van der Waals surface area contributed by atoms with E-state index in [1.165, 1.54) is 0 Å². The first-order chi connectivity index (χ1) is 7.08. The van der Waals surface area contributed by atoms with E-state index in [1.54, 1.807) is 6.92 Å². The van der Waals surface area contributed by atoms with Crippen molar-refractivity contribution in [3.05, 3.63) is 11.7 Å². The molecule has 5 heteroatoms. The van der Waals surface area contributed by atoms with Crippen molar-refractivity contribution in [3.63, 3.8) is 0 Å². The number of carbonyl (C=O) groups excluding carboxylic acids is 1. The van der Waals surface area contributed by atoms with Gasteiger partial charge in [0.15, 0.2) is 12.4 Å². The van der Waals surface area contributed by atoms with Crippen molar-refractivity contribution >= 4 is 5.97 Å². The molecule has 1 aromatic rings. The van der Waals surface area contributed by atoms with Crippen LogP contribution >= 0.6 is 0 Å². The second kappa shape index (κ2) is 5.48. The smallest absolute Gasteiger partial charge is 0.306 e. The highest BCUT2D eigenvalue weighted by atomic mass is 16.6. The van der Waals surface area contributed by atoms with E-state index in [2.05, 4.69) is 24.0 Å². The molecule has 5 nitrogen and oxygen atoms in total. The lowest BCUT2D eigenvalue weighted by Crippen LogP contribution is -2.06. The van der Waals surface area contributed by atoms with Gasteiger partial charge in [-0.15, -0.1) is 0 Å². The Morgan fingerprint density at radius 1 is 1.53 bits per heavy atom. The highest BCUT2D eigenvalue weighted by molar-refractivity contribution is 5.69. The van der Waals surface area contributed by atoms with E-state index in [0.29, 0.717) is 24.1 Å². The number of aryl methyl sites for hydroxylation is 1. The third kappa shape index (κ3) is 4.58. The van der Waals surface area contributed by atoms with Crippen molar-refractivity contribution in [2.75, 3.05) is 0 Å². The van der Waals surface area contributed by atoms with E-state index in [1.807, 2.05) is 0 Å². The molecule has 0 aliphatic carbocycles. The van der Waals surface area contributed by atoms with Crippen molar-refractivity contribution < 1.29 is 14.1 Å². The number of rotatable bonds is 5. The van der Waals surface area contributed by atoms with Crippen LogP contribution in [0.1, 0.15) is 38.4 Å². The number of carbonyl (C=O) groups is 1. The van der Waals surface area contributed by atoms with Gasteiger partial charge in [-0.3, -0.25) is 4.79 Å². The summed E-state index contributed by atoms with van der Waals surface area (Å²) >= 11 is 0. The zero-order valence-corrected chi connectivity index (χ0v) is 9.32. The van der Waals surface area contributed by atoms with E-state index in [4.69, 9.17) is 9.26 Å². The average molecular weight is 212 g/mol. The Morgan fingerprint density at radius 3 is 2.80 bits per heavy atom. The lowest BCUT2D eigenvalue weighted by molar-refractivity contribution is -0.146. The molecule has 1 aromatic heterocycles. The summed E-state index contributed by atoms with van der Waals surface area (Å²) in [6.45, 7) is 5.91. The van der Waals surface area contributed by atoms with Gasteiger partial charge in [-0.2, -0.15) is 4.98 Å². The molecule has 0 saturated heterocycles. The Bertz CT molecular complexity index is 320. The highest BCUT2D eigenvalue weighted by Gasteiger charge is 2.08. The Morgan fingerprint density at radius 2 is 2.27 bits per heavy atom. The first-order valence-corrected chi connectivity index (χ1v) is 5.02. The Kier molecular flexibility index (Phi) is 4.27. The standard InChI is InChI=1S/C10H16N2O3/c1-7(2)4-5-10(13)14-6-9-11-8(3)12-15-9/h7H,4-6H2,1-3H3. The number of hydrogen-bond donors (Lipinski definition) is 0. The first-order valence-electron chi connectivity index (χ1n) is 5.02. The third-order valence-corrected chi connectivity index (χ3v) is 1.85. The van der Waals surface area contributed by atoms with Crippen molar-refractivity contribution in [3.8, 4) is 0 Å². The fourth-order valence-electron chi connectivity index (χ4n) is 1.02. The maximum atomic E-state index is 11.2. The van der Waals surface area contributed by atoms with Crippen molar-refractivity contribution in [1.29, 1.82) is 0 Å². The zero-order chi connectivity index (χ0) is 11.3. The van der Waals surface area contributed by atoms with Crippen molar-refractivity contribution in [2.24, 2.45) is 5.92 Å². The molecule has 0 radical (unpaired) electrons. The normalized spacial score (nSPS) is 10.7. The SMILES string of the molecule is Cc1noc(COC(=O)CCC(C)C)n1. The molecule has 0 aromatic carbocycles. The molecule has 0 fully saturated rings. The van der Waals surface area contributed by atoms with Gasteiger partial charge in [0.2, 0.25) is 0 Å². The summed E-state index contributed by atoms with van der Waals surface area (Å²) in [7, 11) is 0. The highest BCUT2D eigenvalue weighted by Crippen LogP contribution is 2.06. The number of esters is 1. The molecule has 0 saturated carbocycles. The van der Waals surface area contributed by atoms with E-state index >= 15 is 0 Å². The van der Waals surface area contributed by atoms with E-state index in [-0.39, 0.29) is 12.6 Å². The van der Waals surface area contributed by atoms with Crippen molar-refractivity contribution in [2.45, 2.75) is 40.2 Å². The molecular weight excluding hydrogens is 196 g/mol. The molecule has 0 amide bonds. The minimum absolute atomic E-state index is 0.0672. The molecule has 0 atom stereocenters. The summed E-state index contributed by atoms with van der Waals surface area (Å²) < 4.78 is 9.76. The minimum Gasteiger partial charge on any atom is -0.456 e. The minimum atomic E-state index is -0.223. The van der Waals surface area contributed by atoms with Gasteiger partial charge in [-0.1, -0.05) is 19.0 Å². The summed E-state index contributed by atoms with van der Waals surface area (Å²) in [5, 5.41) is 3.59. The zero-order valence-electron chi connectivity index (χ0n) is 9.32. The van der Waals surface area contributed by atoms with Crippen LogP contribution in [0.3, 0.4) is 0 Å². The van der Waals surface area contributed by atoms with Crippen LogP contribution in [0, 0.1) is 12.8 Å². The van der Waals surface area contributed by atoms with E-state index in [9.17, 15) is 4.79 Å². The third-order valence-electron chi connectivity index (χ3n) is 1.85. The van der Waals surface area contributed by atoms with Crippen LogP contribution in [0.2, 0.25) is 0 Å². The largest absolute Gasteiger partial charge is 0.456 e. The van der Waals surface area contributed by atoms with E-state index in [0.717, 1.165) is 6.42 Å². The summed E-state index contributed by atoms with van der Waals surface area (Å²) in [6.07, 6.45) is 1.27. The van der Waals surface area contributed by atoms with Gasteiger partial charge in [-0.25, -0.2) is 0 Å². The van der Waals surface area contributed by atoms with Crippen LogP contribution < -0.4 is 0 Å². The molecule has 0 N–H and O–H groups in total. The average Bonchev–Trinajstić information content (AvgIpc) is 2.58. The summed E-state index contributed by atoms with van der Waals surface area (Å²) in [5.41, 5.74) is 0. The monoisotopic (exact) mass is 212 g/mol. The molecule has 0 spiro atoms. The maximum absolute atomic E-state index is 11.2. The topological polar surface area (TPSA) is 65.2 Å². The van der Waals surface area contributed by atoms with Gasteiger partial charge in [-0.05, 0) is 19.3 Å². The molecular formula is C10H16N2O3. The molecule has 0 unspecified atom stereocenters. The number of aromatic nitrogens is 2. The predicted octanol–water partition coefficient (Wildman–Crippen LogP) is 1.86. The summed E-state index contributed by atoms with van der Waals surface area (Å²) in [6, 6.07) is 0. The van der Waals surface area contributed by atoms with Gasteiger partial charge in [0.1, 0.15) is 0 Å². The number of hydrogen-bond acceptors (Lipinski definition) is 5. The van der Waals surface area contributed by atoms with Crippen LogP contribution in [0.4, 0.5) is 0 Å². The molecule has 84 valence electrons. The molecule has 0 aliphatic heterocycles. The molecule has 1 heterocycles. The second-order valence-corrected chi connectivity index (χ2v) is 3.83. The van der Waals surface area contributed by atoms with Gasteiger partial charge >= 0.3 is 5.97 Å². The predicted molar refractivity (Wildman–Crippen MR) is 52.9 cm³/mol. The molecule has 1 rings (SSSR count). The molecule has 15 heavy (non-hydrogen) atoms. The summed E-state index contributed by atoms with van der Waals surface area (Å²) in [5.74, 6) is 1.16. The second-order valence-electron chi connectivity index (χ2n) is 3.83. The van der Waals surface area contributed by atoms with Gasteiger partial charge in [0.25, 0.3) is 5.89 Å². The quantitative estimate of drug-likeness (QED) is 0.697. The van der Waals surface area contributed by atoms with Crippen LogP contribution in [-0.4, -0.2) is 16.1 Å². The lowest BCUT2D eigenvalue weighted by atomic mass is 10.1. The fourth-order valence-corrected chi connectivity index (χ4v) is 1.02. The Labute approximate surface area is 88.8 Å².